The molecule has 3 aromatic heterocycles. The molecular weight excluding hydrogens is 264 g/mol. The highest BCUT2D eigenvalue weighted by Crippen LogP contribution is 2.22. The lowest BCUT2D eigenvalue weighted by molar-refractivity contribution is 0.552. The maximum Gasteiger partial charge on any atom is 0.193 e. The molecular formula is C12H14N4S2. The summed E-state index contributed by atoms with van der Waals surface area (Å²) in [6.07, 6.45) is 7.00. The Hall–Kier alpha value is -1.24. The zero-order valence-electron chi connectivity index (χ0n) is 10.0. The summed E-state index contributed by atoms with van der Waals surface area (Å²) in [5, 5.41) is 5.55. The summed E-state index contributed by atoms with van der Waals surface area (Å²) < 4.78 is 2.08. The van der Waals surface area contributed by atoms with Crippen molar-refractivity contribution in [1.29, 1.82) is 0 Å². The minimum Gasteiger partial charge on any atom is -0.309 e. The maximum atomic E-state index is 4.63. The number of likely N-dealkylation sites (N-methyl/N-ethyl adjacent to an activating group) is 1. The van der Waals surface area contributed by atoms with Gasteiger partial charge in [-0.05, 0) is 6.54 Å². The van der Waals surface area contributed by atoms with E-state index in [4.69, 9.17) is 0 Å². The number of thiazole rings is 2. The fraction of sp³-hybridized carbons (Fsp3) is 0.333. The largest absolute Gasteiger partial charge is 0.309 e. The maximum absolute atomic E-state index is 4.63. The zero-order chi connectivity index (χ0) is 12.4. The van der Waals surface area contributed by atoms with Gasteiger partial charge in [0, 0.05) is 41.3 Å². The van der Waals surface area contributed by atoms with Crippen molar-refractivity contribution in [3.8, 4) is 0 Å². The van der Waals surface area contributed by atoms with Gasteiger partial charge in [-0.1, -0.05) is 6.92 Å². The number of aromatic nitrogens is 3. The average molecular weight is 278 g/mol. The summed E-state index contributed by atoms with van der Waals surface area (Å²) in [6.45, 7) is 3.07. The van der Waals surface area contributed by atoms with Crippen LogP contribution in [0.25, 0.3) is 4.96 Å². The van der Waals surface area contributed by atoms with Crippen LogP contribution in [0.4, 0.5) is 0 Å². The molecule has 0 bridgehead atoms. The van der Waals surface area contributed by atoms with Crippen LogP contribution in [-0.4, -0.2) is 20.9 Å². The van der Waals surface area contributed by atoms with E-state index in [9.17, 15) is 0 Å². The third kappa shape index (κ3) is 2.31. The molecule has 0 aliphatic heterocycles. The number of nitrogens with zero attached hydrogens (tertiary/aromatic N) is 3. The van der Waals surface area contributed by atoms with E-state index >= 15 is 0 Å². The van der Waals surface area contributed by atoms with Crippen molar-refractivity contribution in [1.82, 2.24) is 19.7 Å². The number of rotatable bonds is 5. The van der Waals surface area contributed by atoms with Crippen LogP contribution in [-0.2, 0) is 6.42 Å². The second kappa shape index (κ2) is 5.17. The molecule has 4 nitrogen and oxygen atoms in total. The van der Waals surface area contributed by atoms with E-state index in [2.05, 4.69) is 38.2 Å². The minimum absolute atomic E-state index is 0.312. The van der Waals surface area contributed by atoms with Gasteiger partial charge in [0.25, 0.3) is 0 Å². The number of fused-ring (bicyclic) bond motifs is 1. The zero-order valence-corrected chi connectivity index (χ0v) is 11.7. The quantitative estimate of drug-likeness (QED) is 0.780. The van der Waals surface area contributed by atoms with Gasteiger partial charge in [-0.3, -0.25) is 9.38 Å². The molecule has 0 fully saturated rings. The first-order chi connectivity index (χ1) is 8.86. The molecule has 3 heterocycles. The number of hydrogen-bond acceptors (Lipinski definition) is 5. The van der Waals surface area contributed by atoms with Crippen molar-refractivity contribution in [2.75, 3.05) is 6.54 Å². The Morgan fingerprint density at radius 2 is 2.39 bits per heavy atom. The van der Waals surface area contributed by atoms with E-state index in [1.807, 2.05) is 17.9 Å². The van der Waals surface area contributed by atoms with Gasteiger partial charge in [-0.25, -0.2) is 4.98 Å². The van der Waals surface area contributed by atoms with Crippen LogP contribution in [0.1, 0.15) is 23.5 Å². The fourth-order valence-electron chi connectivity index (χ4n) is 2.00. The smallest absolute Gasteiger partial charge is 0.193 e. The van der Waals surface area contributed by atoms with Crippen LogP contribution < -0.4 is 5.32 Å². The van der Waals surface area contributed by atoms with Gasteiger partial charge < -0.3 is 5.32 Å². The van der Waals surface area contributed by atoms with Crippen LogP contribution in [0.5, 0.6) is 0 Å². The Labute approximate surface area is 113 Å². The molecule has 0 amide bonds. The van der Waals surface area contributed by atoms with Crippen LogP contribution in [0, 0.1) is 0 Å². The highest BCUT2D eigenvalue weighted by atomic mass is 32.1. The van der Waals surface area contributed by atoms with E-state index in [1.54, 1.807) is 22.7 Å². The molecule has 3 aromatic rings. The van der Waals surface area contributed by atoms with E-state index in [-0.39, 0.29) is 0 Å². The van der Waals surface area contributed by atoms with Crippen LogP contribution >= 0.6 is 22.7 Å². The van der Waals surface area contributed by atoms with E-state index in [0.29, 0.717) is 6.04 Å². The molecule has 1 atom stereocenters. The Kier molecular flexibility index (Phi) is 3.40. The summed E-state index contributed by atoms with van der Waals surface area (Å²) in [6, 6.07) is 0.312. The predicted octanol–water partition coefficient (Wildman–Crippen LogP) is 2.75. The van der Waals surface area contributed by atoms with E-state index < -0.39 is 0 Å². The summed E-state index contributed by atoms with van der Waals surface area (Å²) in [5.41, 5.74) is 3.01. The summed E-state index contributed by atoms with van der Waals surface area (Å²) in [5.74, 6) is 0. The SMILES string of the molecule is CCNC(Cc1cn2ccsc2n1)c1cncs1. The van der Waals surface area contributed by atoms with Gasteiger partial charge in [0.1, 0.15) is 0 Å². The van der Waals surface area contributed by atoms with Gasteiger partial charge in [0.2, 0.25) is 0 Å². The second-order valence-corrected chi connectivity index (χ2v) is 5.83. The predicted molar refractivity (Wildman–Crippen MR) is 75.3 cm³/mol. The van der Waals surface area contributed by atoms with Gasteiger partial charge in [-0.15, -0.1) is 22.7 Å². The lowest BCUT2D eigenvalue weighted by atomic mass is 10.1. The molecule has 1 N–H and O–H groups in total. The highest BCUT2D eigenvalue weighted by Gasteiger charge is 2.14. The van der Waals surface area contributed by atoms with Crippen LogP contribution in [0.2, 0.25) is 0 Å². The van der Waals surface area contributed by atoms with Crippen molar-refractivity contribution >= 4 is 27.6 Å². The third-order valence-corrected chi connectivity index (χ3v) is 4.46. The first kappa shape index (κ1) is 11.8. The van der Waals surface area contributed by atoms with Crippen molar-refractivity contribution in [3.05, 3.63) is 40.1 Å². The summed E-state index contributed by atoms with van der Waals surface area (Å²) in [4.78, 5) is 11.1. The average Bonchev–Trinajstić information content (AvgIpc) is 3.04. The normalized spacial score (nSPS) is 13.2. The van der Waals surface area contributed by atoms with Gasteiger partial charge >= 0.3 is 0 Å². The van der Waals surface area contributed by atoms with Crippen LogP contribution in [0.15, 0.2) is 29.5 Å². The lowest BCUT2D eigenvalue weighted by Gasteiger charge is -2.14. The van der Waals surface area contributed by atoms with E-state index in [1.165, 1.54) is 4.88 Å². The minimum atomic E-state index is 0.312. The van der Waals surface area contributed by atoms with E-state index in [0.717, 1.165) is 23.6 Å². The summed E-state index contributed by atoms with van der Waals surface area (Å²) >= 11 is 3.36. The molecule has 0 aliphatic carbocycles. The highest BCUT2D eigenvalue weighted by molar-refractivity contribution is 7.15. The first-order valence-corrected chi connectivity index (χ1v) is 7.65. The monoisotopic (exact) mass is 278 g/mol. The molecule has 6 heteroatoms. The standard InChI is InChI=1S/C12H14N4S2/c1-2-14-10(11-6-13-8-18-11)5-9-7-16-3-4-17-12(16)15-9/h3-4,6-8,10,14H,2,5H2,1H3. The Balaban J connectivity index is 1.82. The van der Waals surface area contributed by atoms with Crippen molar-refractivity contribution in [3.63, 3.8) is 0 Å². The van der Waals surface area contributed by atoms with Crippen molar-refractivity contribution < 1.29 is 0 Å². The number of imidazole rings is 1. The summed E-state index contributed by atoms with van der Waals surface area (Å²) in [7, 11) is 0. The molecule has 94 valence electrons. The third-order valence-electron chi connectivity index (χ3n) is 2.80. The second-order valence-electron chi connectivity index (χ2n) is 4.04. The molecule has 0 radical (unpaired) electrons. The fourth-order valence-corrected chi connectivity index (χ4v) is 3.42. The Morgan fingerprint density at radius 1 is 1.44 bits per heavy atom. The van der Waals surface area contributed by atoms with Crippen LogP contribution in [0.3, 0.4) is 0 Å². The molecule has 18 heavy (non-hydrogen) atoms. The first-order valence-electron chi connectivity index (χ1n) is 5.89. The molecule has 0 aromatic carbocycles. The van der Waals surface area contributed by atoms with Gasteiger partial charge in [0.05, 0.1) is 11.2 Å². The molecule has 1 unspecified atom stereocenters. The van der Waals surface area contributed by atoms with Crippen molar-refractivity contribution in [2.24, 2.45) is 0 Å². The molecule has 0 aliphatic rings. The molecule has 0 spiro atoms. The van der Waals surface area contributed by atoms with Gasteiger partial charge in [-0.2, -0.15) is 0 Å². The molecule has 3 rings (SSSR count). The van der Waals surface area contributed by atoms with Crippen molar-refractivity contribution in [2.45, 2.75) is 19.4 Å². The molecule has 0 saturated carbocycles. The topological polar surface area (TPSA) is 42.2 Å². The Morgan fingerprint density at radius 3 is 3.11 bits per heavy atom. The number of nitrogens with one attached hydrogen (secondary N) is 1. The lowest BCUT2D eigenvalue weighted by Crippen LogP contribution is -2.22. The molecule has 0 saturated heterocycles. The Bertz CT molecular complexity index is 582. The number of hydrogen-bond donors (Lipinski definition) is 1. The van der Waals surface area contributed by atoms with Gasteiger partial charge in [0.15, 0.2) is 4.96 Å².